The van der Waals surface area contributed by atoms with Crippen molar-refractivity contribution in [3.05, 3.63) is 23.7 Å². The van der Waals surface area contributed by atoms with Crippen LogP contribution in [0.5, 0.6) is 0 Å². The Labute approximate surface area is 66.8 Å². The topological polar surface area (TPSA) is 95.1 Å². The van der Waals surface area contributed by atoms with Crippen molar-refractivity contribution >= 4 is 17.3 Å². The number of hydrogen-bond acceptors (Lipinski definition) is 3. The summed E-state index contributed by atoms with van der Waals surface area (Å²) in [5.74, 6) is -0.844. The summed E-state index contributed by atoms with van der Waals surface area (Å²) in [6.07, 6.45) is 0. The SMILES string of the molecule is [2H]c1cc(N)c(N)c(C(N)=O)c1[2H]. The zero-order valence-electron chi connectivity index (χ0n) is 7.72. The zero-order valence-corrected chi connectivity index (χ0v) is 5.72. The molecule has 0 heterocycles. The van der Waals surface area contributed by atoms with E-state index < -0.39 is 5.91 Å². The second-order valence-corrected chi connectivity index (χ2v) is 2.02. The van der Waals surface area contributed by atoms with Gasteiger partial charge >= 0.3 is 0 Å². The quantitative estimate of drug-likeness (QED) is 0.493. The average molecular weight is 153 g/mol. The van der Waals surface area contributed by atoms with E-state index in [-0.39, 0.29) is 29.0 Å². The van der Waals surface area contributed by atoms with Gasteiger partial charge < -0.3 is 17.2 Å². The van der Waals surface area contributed by atoms with Gasteiger partial charge in [-0.15, -0.1) is 0 Å². The van der Waals surface area contributed by atoms with Crippen molar-refractivity contribution in [3.8, 4) is 0 Å². The first kappa shape index (κ1) is 5.01. The van der Waals surface area contributed by atoms with Crippen LogP contribution >= 0.6 is 0 Å². The number of rotatable bonds is 1. The molecule has 0 bridgehead atoms. The van der Waals surface area contributed by atoms with Crippen LogP contribution in [0.3, 0.4) is 0 Å². The van der Waals surface area contributed by atoms with Crippen molar-refractivity contribution in [1.82, 2.24) is 0 Å². The lowest BCUT2D eigenvalue weighted by Gasteiger charge is -2.02. The average Bonchev–Trinajstić information content (AvgIpc) is 2.01. The molecule has 0 saturated heterocycles. The van der Waals surface area contributed by atoms with Crippen molar-refractivity contribution < 1.29 is 7.54 Å². The van der Waals surface area contributed by atoms with Gasteiger partial charge in [-0.2, -0.15) is 0 Å². The summed E-state index contributed by atoms with van der Waals surface area (Å²) in [4.78, 5) is 10.8. The summed E-state index contributed by atoms with van der Waals surface area (Å²) in [6, 6.07) is 0.754. The number of amides is 1. The number of benzene rings is 1. The Morgan fingerprint density at radius 2 is 2.18 bits per heavy atom. The zero-order chi connectivity index (χ0) is 10.2. The van der Waals surface area contributed by atoms with Crippen molar-refractivity contribution in [2.75, 3.05) is 11.5 Å². The highest BCUT2D eigenvalue weighted by Crippen LogP contribution is 2.18. The van der Waals surface area contributed by atoms with Crippen LogP contribution in [-0.2, 0) is 0 Å². The lowest BCUT2D eigenvalue weighted by molar-refractivity contribution is 0.100. The molecule has 1 aromatic carbocycles. The van der Waals surface area contributed by atoms with Gasteiger partial charge in [0.1, 0.15) is 0 Å². The third-order valence-corrected chi connectivity index (χ3v) is 1.25. The lowest BCUT2D eigenvalue weighted by Crippen LogP contribution is -2.14. The van der Waals surface area contributed by atoms with Crippen molar-refractivity contribution in [3.63, 3.8) is 0 Å². The van der Waals surface area contributed by atoms with E-state index in [1.54, 1.807) is 0 Å². The summed E-state index contributed by atoms with van der Waals surface area (Å²) in [7, 11) is 0. The molecule has 0 aliphatic carbocycles. The minimum atomic E-state index is -0.844. The summed E-state index contributed by atoms with van der Waals surface area (Å²) in [5.41, 5.74) is 15.7. The molecule has 0 atom stereocenters. The van der Waals surface area contributed by atoms with E-state index >= 15 is 0 Å². The molecule has 11 heavy (non-hydrogen) atoms. The number of nitrogen functional groups attached to an aromatic ring is 2. The molecule has 0 unspecified atom stereocenters. The Balaban J connectivity index is 3.56. The van der Waals surface area contributed by atoms with Crippen molar-refractivity contribution in [2.45, 2.75) is 0 Å². The summed E-state index contributed by atoms with van der Waals surface area (Å²) in [6.45, 7) is 0. The molecule has 0 aliphatic rings. The molecular weight excluding hydrogens is 142 g/mol. The van der Waals surface area contributed by atoms with Gasteiger partial charge in [0.05, 0.1) is 19.7 Å². The third-order valence-electron chi connectivity index (χ3n) is 1.25. The second-order valence-electron chi connectivity index (χ2n) is 2.02. The predicted molar refractivity (Wildman–Crippen MR) is 43.8 cm³/mol. The van der Waals surface area contributed by atoms with Gasteiger partial charge in [-0.25, -0.2) is 0 Å². The van der Waals surface area contributed by atoms with E-state index in [1.165, 1.54) is 6.07 Å². The maximum Gasteiger partial charge on any atom is 0.250 e. The fourth-order valence-electron chi connectivity index (χ4n) is 0.670. The highest BCUT2D eigenvalue weighted by Gasteiger charge is 2.05. The minimum Gasteiger partial charge on any atom is -0.397 e. The maximum atomic E-state index is 10.8. The van der Waals surface area contributed by atoms with Gasteiger partial charge in [0.25, 0.3) is 5.91 Å². The van der Waals surface area contributed by atoms with Crippen LogP contribution in [0, 0.1) is 0 Å². The number of primary amides is 1. The monoisotopic (exact) mass is 153 g/mol. The second kappa shape index (κ2) is 2.49. The summed E-state index contributed by atoms with van der Waals surface area (Å²) >= 11 is 0. The van der Waals surface area contributed by atoms with E-state index in [4.69, 9.17) is 19.9 Å². The van der Waals surface area contributed by atoms with E-state index in [9.17, 15) is 4.79 Å². The Morgan fingerprint density at radius 3 is 2.73 bits per heavy atom. The molecule has 1 rings (SSSR count). The van der Waals surface area contributed by atoms with Crippen molar-refractivity contribution in [2.24, 2.45) is 5.73 Å². The molecular formula is C7H9N3O. The van der Waals surface area contributed by atoms with Gasteiger partial charge in [0.15, 0.2) is 0 Å². The van der Waals surface area contributed by atoms with Gasteiger partial charge in [0.2, 0.25) is 0 Å². The van der Waals surface area contributed by atoms with Gasteiger partial charge in [-0.3, -0.25) is 4.79 Å². The first-order valence-electron chi connectivity index (χ1n) is 3.90. The number of nitrogens with two attached hydrogens (primary N) is 3. The van der Waals surface area contributed by atoms with Crippen LogP contribution in [0.15, 0.2) is 18.2 Å². The Morgan fingerprint density at radius 1 is 1.55 bits per heavy atom. The molecule has 0 fully saturated rings. The standard InChI is InChI=1S/C7H9N3O/c8-5-3-1-2-4(6(5)9)7(10)11/h1-3H,8-9H2,(H2,10,11)/i1D,2D. The van der Waals surface area contributed by atoms with Gasteiger partial charge in [0, 0.05) is 0 Å². The first-order chi connectivity index (χ1) is 5.95. The normalized spacial score (nSPS) is 12.0. The molecule has 4 heteroatoms. The third kappa shape index (κ3) is 1.24. The molecule has 1 aromatic rings. The largest absolute Gasteiger partial charge is 0.397 e. The molecule has 0 aliphatic heterocycles. The minimum absolute atomic E-state index is 0.0338. The molecule has 6 N–H and O–H groups in total. The highest BCUT2D eigenvalue weighted by molar-refractivity contribution is 6.00. The Kier molecular flexibility index (Phi) is 1.14. The number of carbonyl (C=O) groups excluding carboxylic acids is 1. The Bertz CT molecular complexity index is 352. The predicted octanol–water partition coefficient (Wildman–Crippen LogP) is -0.0501. The number of para-hydroxylation sites is 1. The van der Waals surface area contributed by atoms with E-state index in [0.29, 0.717) is 0 Å². The summed E-state index contributed by atoms with van der Waals surface area (Å²) < 4.78 is 14.6. The molecule has 0 spiro atoms. The van der Waals surface area contributed by atoms with E-state index in [1.807, 2.05) is 0 Å². The first-order valence-corrected chi connectivity index (χ1v) is 2.90. The van der Waals surface area contributed by atoms with Gasteiger partial charge in [-0.1, -0.05) is 6.04 Å². The number of carbonyl (C=O) groups is 1. The van der Waals surface area contributed by atoms with Crippen LogP contribution < -0.4 is 17.2 Å². The van der Waals surface area contributed by atoms with Crippen molar-refractivity contribution in [1.29, 1.82) is 0 Å². The molecule has 4 nitrogen and oxygen atoms in total. The number of anilines is 2. The fraction of sp³-hybridized carbons (Fsp3) is 0. The van der Waals surface area contributed by atoms with Crippen LogP contribution in [-0.4, -0.2) is 5.91 Å². The lowest BCUT2D eigenvalue weighted by atomic mass is 10.1. The molecule has 0 radical (unpaired) electrons. The molecule has 0 saturated carbocycles. The summed E-state index contributed by atoms with van der Waals surface area (Å²) in [5, 5.41) is 0. The maximum absolute atomic E-state index is 10.8. The van der Waals surface area contributed by atoms with Crippen LogP contribution in [0.25, 0.3) is 0 Å². The fourth-order valence-corrected chi connectivity index (χ4v) is 0.670. The smallest absolute Gasteiger partial charge is 0.250 e. The van der Waals surface area contributed by atoms with Crippen LogP contribution in [0.4, 0.5) is 11.4 Å². The van der Waals surface area contributed by atoms with Gasteiger partial charge in [-0.05, 0) is 12.1 Å². The highest BCUT2D eigenvalue weighted by atomic mass is 16.1. The molecule has 58 valence electrons. The van der Waals surface area contributed by atoms with Crippen LogP contribution in [0.2, 0.25) is 0 Å². The number of hydrogen-bond donors (Lipinski definition) is 3. The van der Waals surface area contributed by atoms with E-state index in [0.717, 1.165) is 0 Å². The Hall–Kier alpha value is -1.71. The van der Waals surface area contributed by atoms with E-state index in [2.05, 4.69) is 0 Å². The molecule has 0 aromatic heterocycles. The molecule has 1 amide bonds. The van der Waals surface area contributed by atoms with Crippen LogP contribution in [0.1, 0.15) is 13.1 Å².